The molecule has 0 aliphatic heterocycles. The number of thiazole rings is 1. The van der Waals surface area contributed by atoms with Gasteiger partial charge in [0.15, 0.2) is 0 Å². The van der Waals surface area contributed by atoms with Crippen molar-refractivity contribution in [3.05, 3.63) is 15.6 Å². The van der Waals surface area contributed by atoms with Gasteiger partial charge in [-0.05, 0) is 13.5 Å². The van der Waals surface area contributed by atoms with Crippen molar-refractivity contribution in [1.29, 1.82) is 0 Å². The summed E-state index contributed by atoms with van der Waals surface area (Å²) >= 11 is 1.41. The highest BCUT2D eigenvalue weighted by atomic mass is 32.1. The first kappa shape index (κ1) is 10.1. The third-order valence-corrected chi connectivity index (χ3v) is 2.85. The molecule has 4 nitrogen and oxygen atoms in total. The van der Waals surface area contributed by atoms with Crippen LogP contribution in [0.1, 0.15) is 20.4 Å². The van der Waals surface area contributed by atoms with Crippen LogP contribution in [0.25, 0.3) is 0 Å². The van der Waals surface area contributed by atoms with Gasteiger partial charge < -0.3 is 11.1 Å². The van der Waals surface area contributed by atoms with E-state index in [1.807, 2.05) is 6.92 Å². The number of hydrogen-bond acceptors (Lipinski definition) is 4. The Morgan fingerprint density at radius 2 is 2.38 bits per heavy atom. The molecule has 0 aliphatic carbocycles. The number of aryl methyl sites for hydroxylation is 1. The summed E-state index contributed by atoms with van der Waals surface area (Å²) in [4.78, 5) is 16.2. The zero-order valence-corrected chi connectivity index (χ0v) is 8.57. The van der Waals surface area contributed by atoms with Crippen molar-refractivity contribution < 1.29 is 4.79 Å². The van der Waals surface area contributed by atoms with Crippen LogP contribution in [0.15, 0.2) is 0 Å². The molecular formula is C8H13N3OS. The van der Waals surface area contributed by atoms with E-state index in [9.17, 15) is 4.79 Å². The zero-order valence-electron chi connectivity index (χ0n) is 7.76. The highest BCUT2D eigenvalue weighted by Crippen LogP contribution is 2.17. The van der Waals surface area contributed by atoms with Crippen molar-refractivity contribution >= 4 is 17.2 Å². The fourth-order valence-corrected chi connectivity index (χ4v) is 2.03. The molecule has 1 amide bonds. The van der Waals surface area contributed by atoms with Crippen molar-refractivity contribution in [3.8, 4) is 0 Å². The smallest absolute Gasteiger partial charge is 0.263 e. The lowest BCUT2D eigenvalue weighted by atomic mass is 10.4. The molecule has 0 bridgehead atoms. The van der Waals surface area contributed by atoms with Gasteiger partial charge >= 0.3 is 0 Å². The Hall–Kier alpha value is -0.940. The quantitative estimate of drug-likeness (QED) is 0.736. The van der Waals surface area contributed by atoms with Crippen LogP contribution in [0.3, 0.4) is 0 Å². The van der Waals surface area contributed by atoms with Crippen LogP contribution in [-0.2, 0) is 6.42 Å². The Labute approximate surface area is 81.2 Å². The van der Waals surface area contributed by atoms with Gasteiger partial charge in [-0.15, -0.1) is 11.3 Å². The Morgan fingerprint density at radius 3 is 2.92 bits per heavy atom. The number of aromatic nitrogens is 1. The van der Waals surface area contributed by atoms with E-state index in [1.165, 1.54) is 11.3 Å². The monoisotopic (exact) mass is 199 g/mol. The number of rotatable bonds is 3. The molecule has 5 heteroatoms. The average Bonchev–Trinajstić information content (AvgIpc) is 2.46. The second-order valence-electron chi connectivity index (χ2n) is 2.64. The van der Waals surface area contributed by atoms with Crippen molar-refractivity contribution in [1.82, 2.24) is 10.3 Å². The molecule has 0 aromatic carbocycles. The summed E-state index contributed by atoms with van der Waals surface area (Å²) < 4.78 is 0. The molecule has 0 radical (unpaired) electrons. The van der Waals surface area contributed by atoms with Gasteiger partial charge in [0.25, 0.3) is 5.91 Å². The second-order valence-corrected chi connectivity index (χ2v) is 3.72. The van der Waals surface area contributed by atoms with Gasteiger partial charge in [0.05, 0.1) is 10.7 Å². The Balaban J connectivity index is 2.89. The summed E-state index contributed by atoms with van der Waals surface area (Å²) in [7, 11) is 1.62. The number of amides is 1. The third-order valence-electron chi connectivity index (χ3n) is 1.63. The lowest BCUT2D eigenvalue weighted by Crippen LogP contribution is -2.17. The predicted molar refractivity (Wildman–Crippen MR) is 53.0 cm³/mol. The van der Waals surface area contributed by atoms with Crippen LogP contribution in [0.2, 0.25) is 0 Å². The maximum Gasteiger partial charge on any atom is 0.263 e. The SMILES string of the molecule is CNC(=O)c1sc(CCN)nc1C. The third kappa shape index (κ3) is 2.26. The first-order chi connectivity index (χ1) is 6.19. The van der Waals surface area contributed by atoms with Crippen molar-refractivity contribution in [2.24, 2.45) is 5.73 Å². The highest BCUT2D eigenvalue weighted by Gasteiger charge is 2.12. The van der Waals surface area contributed by atoms with Crippen molar-refractivity contribution in [2.45, 2.75) is 13.3 Å². The lowest BCUT2D eigenvalue weighted by molar-refractivity contribution is 0.0966. The van der Waals surface area contributed by atoms with Gasteiger partial charge in [-0.1, -0.05) is 0 Å². The van der Waals surface area contributed by atoms with E-state index < -0.39 is 0 Å². The second kappa shape index (κ2) is 4.34. The fourth-order valence-electron chi connectivity index (χ4n) is 1.01. The molecule has 72 valence electrons. The molecule has 1 aromatic heterocycles. The molecule has 0 saturated heterocycles. The van der Waals surface area contributed by atoms with Crippen LogP contribution in [-0.4, -0.2) is 24.5 Å². The molecule has 0 atom stereocenters. The maximum atomic E-state index is 11.3. The zero-order chi connectivity index (χ0) is 9.84. The Kier molecular flexibility index (Phi) is 3.39. The molecule has 0 fully saturated rings. The molecule has 13 heavy (non-hydrogen) atoms. The molecule has 1 heterocycles. The summed E-state index contributed by atoms with van der Waals surface area (Å²) in [6.07, 6.45) is 0.739. The molecule has 0 aliphatic rings. The van der Waals surface area contributed by atoms with E-state index >= 15 is 0 Å². The average molecular weight is 199 g/mol. The van der Waals surface area contributed by atoms with Crippen molar-refractivity contribution in [2.75, 3.05) is 13.6 Å². The molecule has 0 unspecified atom stereocenters. The van der Waals surface area contributed by atoms with Crippen LogP contribution < -0.4 is 11.1 Å². The number of nitrogens with two attached hydrogens (primary N) is 1. The number of nitrogens with zero attached hydrogens (tertiary/aromatic N) is 1. The molecule has 3 N–H and O–H groups in total. The number of carbonyl (C=O) groups is 1. The van der Waals surface area contributed by atoms with Gasteiger partial charge in [0.1, 0.15) is 4.88 Å². The van der Waals surface area contributed by atoms with Crippen LogP contribution in [0.5, 0.6) is 0 Å². The van der Waals surface area contributed by atoms with Gasteiger partial charge in [-0.3, -0.25) is 4.79 Å². The predicted octanol–water partition coefficient (Wildman–Crippen LogP) is 0.312. The Morgan fingerprint density at radius 1 is 1.69 bits per heavy atom. The van der Waals surface area contributed by atoms with Gasteiger partial charge in [0, 0.05) is 13.5 Å². The van der Waals surface area contributed by atoms with E-state index in [2.05, 4.69) is 10.3 Å². The summed E-state index contributed by atoms with van der Waals surface area (Å²) in [5.74, 6) is -0.0710. The van der Waals surface area contributed by atoms with Gasteiger partial charge in [0.2, 0.25) is 0 Å². The van der Waals surface area contributed by atoms with E-state index in [1.54, 1.807) is 7.05 Å². The minimum Gasteiger partial charge on any atom is -0.354 e. The molecule has 1 aromatic rings. The minimum absolute atomic E-state index is 0.0710. The first-order valence-corrected chi connectivity index (χ1v) is 4.89. The van der Waals surface area contributed by atoms with E-state index in [-0.39, 0.29) is 5.91 Å². The summed E-state index contributed by atoms with van der Waals surface area (Å²) in [5, 5.41) is 3.51. The lowest BCUT2D eigenvalue weighted by Gasteiger charge is -1.93. The molecule has 0 saturated carbocycles. The molecule has 0 spiro atoms. The maximum absolute atomic E-state index is 11.3. The highest BCUT2D eigenvalue weighted by molar-refractivity contribution is 7.13. The van der Waals surface area contributed by atoms with Gasteiger partial charge in [-0.2, -0.15) is 0 Å². The number of nitrogens with one attached hydrogen (secondary N) is 1. The van der Waals surface area contributed by atoms with Gasteiger partial charge in [-0.25, -0.2) is 4.98 Å². The van der Waals surface area contributed by atoms with E-state index in [0.717, 1.165) is 17.1 Å². The van der Waals surface area contributed by atoms with Crippen molar-refractivity contribution in [3.63, 3.8) is 0 Å². The summed E-state index contributed by atoms with van der Waals surface area (Å²) in [5.41, 5.74) is 6.18. The largest absolute Gasteiger partial charge is 0.354 e. The van der Waals surface area contributed by atoms with E-state index in [4.69, 9.17) is 5.73 Å². The number of hydrogen-bond donors (Lipinski definition) is 2. The molecular weight excluding hydrogens is 186 g/mol. The standard InChI is InChI=1S/C8H13N3OS/c1-5-7(8(12)10-2)13-6(11-5)3-4-9/h3-4,9H2,1-2H3,(H,10,12). The fraction of sp³-hybridized carbons (Fsp3) is 0.500. The molecule has 1 rings (SSSR count). The van der Waals surface area contributed by atoms with Crippen LogP contribution in [0.4, 0.5) is 0 Å². The van der Waals surface area contributed by atoms with E-state index in [0.29, 0.717) is 11.4 Å². The number of carbonyl (C=O) groups excluding carboxylic acids is 1. The summed E-state index contributed by atoms with van der Waals surface area (Å²) in [6, 6.07) is 0. The van der Waals surface area contributed by atoms with Crippen LogP contribution >= 0.6 is 11.3 Å². The Bertz CT molecular complexity index is 308. The van der Waals surface area contributed by atoms with Crippen LogP contribution in [0, 0.1) is 6.92 Å². The minimum atomic E-state index is -0.0710. The topological polar surface area (TPSA) is 68.0 Å². The first-order valence-electron chi connectivity index (χ1n) is 4.07. The normalized spacial score (nSPS) is 10.1. The summed E-state index contributed by atoms with van der Waals surface area (Å²) in [6.45, 7) is 2.40.